The van der Waals surface area contributed by atoms with E-state index in [0.717, 1.165) is 22.4 Å². The molecule has 1 aliphatic rings. The van der Waals surface area contributed by atoms with Crippen molar-refractivity contribution in [2.45, 2.75) is 45.5 Å². The lowest BCUT2D eigenvalue weighted by Crippen LogP contribution is -2.42. The van der Waals surface area contributed by atoms with Gasteiger partial charge in [-0.05, 0) is 30.5 Å². The van der Waals surface area contributed by atoms with Gasteiger partial charge in [-0.15, -0.1) is 0 Å². The number of nitrogens with two attached hydrogens (primary N) is 1. The first-order chi connectivity index (χ1) is 13.5. The van der Waals surface area contributed by atoms with Crippen molar-refractivity contribution in [1.82, 2.24) is 4.90 Å². The molecule has 1 aliphatic heterocycles. The summed E-state index contributed by atoms with van der Waals surface area (Å²) in [6.07, 6.45) is 0.503. The predicted molar refractivity (Wildman–Crippen MR) is 105 cm³/mol. The van der Waals surface area contributed by atoms with Crippen LogP contribution in [0, 0.1) is 6.92 Å². The first kappa shape index (κ1) is 19.9. The lowest BCUT2D eigenvalue weighted by molar-refractivity contribution is -0.141. The van der Waals surface area contributed by atoms with Gasteiger partial charge in [-0.3, -0.25) is 14.5 Å². The maximum absolute atomic E-state index is 12.0. The van der Waals surface area contributed by atoms with Crippen LogP contribution in [0.1, 0.15) is 35.1 Å². The molecule has 1 atom stereocenters. The van der Waals surface area contributed by atoms with Crippen LogP contribution in [0.4, 0.5) is 0 Å². The third kappa shape index (κ3) is 4.70. The molecule has 0 saturated heterocycles. The van der Waals surface area contributed by atoms with Crippen LogP contribution in [0.5, 0.6) is 5.75 Å². The Balaban J connectivity index is 1.70. The van der Waals surface area contributed by atoms with E-state index in [1.54, 1.807) is 0 Å². The number of hydrogen-bond donors (Lipinski definition) is 1. The molecule has 2 aromatic carbocycles. The Morgan fingerprint density at radius 2 is 1.96 bits per heavy atom. The quantitative estimate of drug-likeness (QED) is 0.710. The molecular weight excluding hydrogens is 356 g/mol. The van der Waals surface area contributed by atoms with Gasteiger partial charge >= 0.3 is 5.97 Å². The number of fused-ring (bicyclic) bond motifs is 1. The van der Waals surface area contributed by atoms with E-state index < -0.39 is 11.9 Å². The maximum Gasteiger partial charge on any atom is 0.305 e. The van der Waals surface area contributed by atoms with Gasteiger partial charge in [0.15, 0.2) is 0 Å². The predicted octanol–water partition coefficient (Wildman–Crippen LogP) is 2.70. The fourth-order valence-electron chi connectivity index (χ4n) is 3.60. The number of primary amides is 1. The highest BCUT2D eigenvalue weighted by molar-refractivity contribution is 5.81. The number of amides is 1. The van der Waals surface area contributed by atoms with E-state index in [0.29, 0.717) is 26.1 Å². The third-order valence-electron chi connectivity index (χ3n) is 5.06. The van der Waals surface area contributed by atoms with Gasteiger partial charge in [0.25, 0.3) is 0 Å². The number of ether oxygens (including phenoxy) is 2. The minimum atomic E-state index is -0.517. The number of esters is 1. The molecule has 0 aliphatic carbocycles. The summed E-state index contributed by atoms with van der Waals surface area (Å²) in [7, 11) is 1.34. The Morgan fingerprint density at radius 3 is 2.68 bits per heavy atom. The third-order valence-corrected chi connectivity index (χ3v) is 5.06. The number of carbonyl (C=O) groups excluding carboxylic acids is 2. The molecule has 0 fully saturated rings. The highest BCUT2D eigenvalue weighted by atomic mass is 16.5. The van der Waals surface area contributed by atoms with Gasteiger partial charge in [0.1, 0.15) is 12.4 Å². The van der Waals surface area contributed by atoms with Crippen LogP contribution in [0.3, 0.4) is 0 Å². The van der Waals surface area contributed by atoms with E-state index in [1.165, 1.54) is 12.7 Å². The Morgan fingerprint density at radius 1 is 1.18 bits per heavy atom. The van der Waals surface area contributed by atoms with Crippen molar-refractivity contribution >= 4 is 11.9 Å². The summed E-state index contributed by atoms with van der Waals surface area (Å²) in [5.41, 5.74) is 10.1. The minimum absolute atomic E-state index is 0.160. The van der Waals surface area contributed by atoms with E-state index in [4.69, 9.17) is 10.5 Å². The Bertz CT molecular complexity index is 865. The molecule has 148 valence electrons. The Kier molecular flexibility index (Phi) is 6.31. The van der Waals surface area contributed by atoms with Gasteiger partial charge < -0.3 is 15.2 Å². The van der Waals surface area contributed by atoms with Crippen LogP contribution in [0.15, 0.2) is 42.5 Å². The van der Waals surface area contributed by atoms with E-state index in [-0.39, 0.29) is 12.4 Å². The van der Waals surface area contributed by atoms with E-state index >= 15 is 0 Å². The van der Waals surface area contributed by atoms with Crippen molar-refractivity contribution in [2.75, 3.05) is 7.11 Å². The van der Waals surface area contributed by atoms with Crippen molar-refractivity contribution in [1.29, 1.82) is 0 Å². The monoisotopic (exact) mass is 382 g/mol. The largest absolute Gasteiger partial charge is 0.489 e. The summed E-state index contributed by atoms with van der Waals surface area (Å²) in [4.78, 5) is 25.4. The molecule has 3 rings (SSSR count). The summed E-state index contributed by atoms with van der Waals surface area (Å²) < 4.78 is 10.8. The van der Waals surface area contributed by atoms with Crippen molar-refractivity contribution in [2.24, 2.45) is 5.73 Å². The van der Waals surface area contributed by atoms with Crippen molar-refractivity contribution in [3.8, 4) is 5.75 Å². The fraction of sp³-hybridized carbons (Fsp3) is 0.364. The molecule has 1 amide bonds. The van der Waals surface area contributed by atoms with Crippen molar-refractivity contribution in [3.63, 3.8) is 0 Å². The zero-order valence-electron chi connectivity index (χ0n) is 16.3. The Hall–Kier alpha value is -2.86. The van der Waals surface area contributed by atoms with Gasteiger partial charge in [0.05, 0.1) is 13.2 Å². The highest BCUT2D eigenvalue weighted by Crippen LogP contribution is 2.33. The molecular formula is C22H26N2O4. The van der Waals surface area contributed by atoms with Gasteiger partial charge in [-0.1, -0.05) is 42.0 Å². The minimum Gasteiger partial charge on any atom is -0.489 e. The number of hydrogen-bond acceptors (Lipinski definition) is 5. The number of benzene rings is 2. The average Bonchev–Trinajstić information content (AvgIpc) is 3.10. The summed E-state index contributed by atoms with van der Waals surface area (Å²) in [5.74, 6) is 0.0433. The maximum atomic E-state index is 12.0. The normalized spacial score (nSPS) is 14.4. The topological polar surface area (TPSA) is 81.9 Å². The fourth-order valence-corrected chi connectivity index (χ4v) is 3.60. The summed E-state index contributed by atoms with van der Waals surface area (Å²) in [6, 6.07) is 13.6. The second-order valence-corrected chi connectivity index (χ2v) is 7.11. The molecule has 0 aromatic heterocycles. The van der Waals surface area contributed by atoms with Crippen LogP contribution in [-0.2, 0) is 34.0 Å². The molecule has 2 aromatic rings. The van der Waals surface area contributed by atoms with Crippen LogP contribution in [0.2, 0.25) is 0 Å². The van der Waals surface area contributed by atoms with Crippen molar-refractivity contribution < 1.29 is 19.1 Å². The number of nitrogens with zero attached hydrogens (tertiary/aromatic N) is 1. The lowest BCUT2D eigenvalue weighted by Gasteiger charge is -2.24. The molecule has 6 heteroatoms. The van der Waals surface area contributed by atoms with Crippen LogP contribution in [-0.4, -0.2) is 29.9 Å². The molecule has 2 N–H and O–H groups in total. The van der Waals surface area contributed by atoms with Crippen LogP contribution >= 0.6 is 0 Å². The second-order valence-electron chi connectivity index (χ2n) is 7.11. The summed E-state index contributed by atoms with van der Waals surface area (Å²) >= 11 is 0. The number of methoxy groups -OCH3 is 1. The van der Waals surface area contributed by atoms with Gasteiger partial charge in [-0.25, -0.2) is 0 Å². The van der Waals surface area contributed by atoms with E-state index in [9.17, 15) is 9.59 Å². The van der Waals surface area contributed by atoms with Gasteiger partial charge in [0, 0.05) is 25.1 Å². The van der Waals surface area contributed by atoms with Crippen molar-refractivity contribution in [3.05, 3.63) is 64.7 Å². The molecule has 6 nitrogen and oxygen atoms in total. The molecule has 0 radical (unpaired) electrons. The van der Waals surface area contributed by atoms with Crippen LogP contribution < -0.4 is 10.5 Å². The van der Waals surface area contributed by atoms with E-state index in [2.05, 4.69) is 23.8 Å². The number of aryl methyl sites for hydroxylation is 1. The van der Waals surface area contributed by atoms with E-state index in [1.807, 2.05) is 35.2 Å². The molecule has 0 saturated carbocycles. The number of carbonyl (C=O) groups is 2. The molecule has 1 unspecified atom stereocenters. The van der Waals surface area contributed by atoms with Gasteiger partial charge in [0.2, 0.25) is 5.91 Å². The first-order valence-corrected chi connectivity index (χ1v) is 9.37. The second kappa shape index (κ2) is 8.89. The molecule has 0 bridgehead atoms. The summed E-state index contributed by atoms with van der Waals surface area (Å²) in [6.45, 7) is 3.71. The highest BCUT2D eigenvalue weighted by Gasteiger charge is 2.31. The lowest BCUT2D eigenvalue weighted by atomic mass is 10.1. The smallest absolute Gasteiger partial charge is 0.305 e. The first-order valence-electron chi connectivity index (χ1n) is 9.37. The standard InChI is InChI=1S/C22H26N2O4/c1-15-5-3-6-16(11-15)14-28-20-8-4-7-17-12-24(13-18(17)20)19(22(23)26)9-10-21(25)27-2/h3-8,11,19H,9-10,12-14H2,1-2H3,(H2,23,26). The Labute approximate surface area is 165 Å². The summed E-state index contributed by atoms with van der Waals surface area (Å²) in [5, 5.41) is 0. The average molecular weight is 382 g/mol. The number of rotatable bonds is 8. The van der Waals surface area contributed by atoms with Gasteiger partial charge in [-0.2, -0.15) is 0 Å². The molecule has 1 heterocycles. The molecule has 28 heavy (non-hydrogen) atoms. The van der Waals surface area contributed by atoms with Crippen LogP contribution in [0.25, 0.3) is 0 Å². The molecule has 0 spiro atoms. The zero-order chi connectivity index (χ0) is 20.1. The SMILES string of the molecule is COC(=O)CCC(C(N)=O)N1Cc2cccc(OCc3cccc(C)c3)c2C1. The zero-order valence-corrected chi connectivity index (χ0v) is 16.3.